The molecule has 0 N–H and O–H groups in total. The van der Waals surface area contributed by atoms with Crippen molar-refractivity contribution in [2.75, 3.05) is 13.2 Å². The van der Waals surface area contributed by atoms with Gasteiger partial charge >= 0.3 is 6.18 Å². The smallest absolute Gasteiger partial charge is 0.378 e. The largest absolute Gasteiger partial charge is 0.416 e. The molecule has 2 aliphatic carbocycles. The van der Waals surface area contributed by atoms with E-state index in [0.29, 0.717) is 47.9 Å². The number of allylic oxidation sites excluding steroid dienone is 1. The van der Waals surface area contributed by atoms with Crippen LogP contribution in [0.4, 0.5) is 17.6 Å². The molecule has 4 heterocycles. The van der Waals surface area contributed by atoms with Crippen molar-refractivity contribution in [1.29, 1.82) is 0 Å². The maximum absolute atomic E-state index is 14.6. The average molecular weight is 655 g/mol. The second-order valence-corrected chi connectivity index (χ2v) is 14.2. The molecule has 3 atom stereocenters. The van der Waals surface area contributed by atoms with Crippen LogP contribution in [0, 0.1) is 11.2 Å². The Morgan fingerprint density at radius 3 is 2.54 bits per heavy atom. The standard InChI is InChI=1S/C32H30F4N6O3S/c1-40-17-27(16-38-40)46(2,44)42(26-18-45-19-26)25-6-3-21-12-29-20(15-39-41(29)24-7-4-23(33)5-8-24)13-31(21,14-25)30(43)28-11-22(9-10-37-28)32(34,35)36/h4-5,7-12,15-17,25-26H,2-3,6,13-14,18-19H2,1H3/t25-,31-,46?/m0/s1. The number of ether oxygens (including phenoxy) is 1. The first kappa shape index (κ1) is 30.5. The summed E-state index contributed by atoms with van der Waals surface area (Å²) < 4.78 is 79.9. The zero-order valence-corrected chi connectivity index (χ0v) is 25.6. The minimum atomic E-state index is -4.66. The summed E-state index contributed by atoms with van der Waals surface area (Å²) >= 11 is 0. The number of carbonyl (C=O) groups is 1. The van der Waals surface area contributed by atoms with E-state index in [4.69, 9.17) is 4.74 Å². The lowest BCUT2D eigenvalue weighted by Crippen LogP contribution is -2.58. The molecule has 3 aliphatic rings. The molecule has 240 valence electrons. The predicted octanol–water partition coefficient (Wildman–Crippen LogP) is 4.91. The summed E-state index contributed by atoms with van der Waals surface area (Å²) in [6.45, 7) is 0.660. The summed E-state index contributed by atoms with van der Waals surface area (Å²) in [5, 5.41) is 8.73. The molecule has 2 fully saturated rings. The van der Waals surface area contributed by atoms with Gasteiger partial charge in [-0.1, -0.05) is 5.57 Å². The molecular formula is C32H30F4N6O3S. The number of pyridine rings is 1. The fourth-order valence-corrected chi connectivity index (χ4v) is 8.94. The van der Waals surface area contributed by atoms with Crippen LogP contribution in [-0.4, -0.2) is 70.0 Å². The van der Waals surface area contributed by atoms with E-state index >= 15 is 0 Å². The van der Waals surface area contributed by atoms with Crippen molar-refractivity contribution in [3.63, 3.8) is 0 Å². The number of Topliss-reactive ketones (excluding diaryl/α,β-unsaturated/α-hetero) is 1. The van der Waals surface area contributed by atoms with Crippen molar-refractivity contribution >= 4 is 27.4 Å². The van der Waals surface area contributed by atoms with Crippen LogP contribution in [0.25, 0.3) is 11.8 Å². The minimum absolute atomic E-state index is 0.142. The summed E-state index contributed by atoms with van der Waals surface area (Å²) in [5.41, 5.74) is 0.207. The quantitative estimate of drug-likeness (QED) is 0.160. The van der Waals surface area contributed by atoms with Crippen molar-refractivity contribution in [3.05, 3.63) is 95.1 Å². The number of alkyl halides is 3. The maximum Gasteiger partial charge on any atom is 0.416 e. The Hall–Kier alpha value is -4.14. The van der Waals surface area contributed by atoms with Gasteiger partial charge in [-0.2, -0.15) is 23.4 Å². The number of rotatable bonds is 7. The molecule has 3 aromatic heterocycles. The molecule has 46 heavy (non-hydrogen) atoms. The third kappa shape index (κ3) is 5.08. The van der Waals surface area contributed by atoms with E-state index in [1.165, 1.54) is 18.3 Å². The number of nitrogens with zero attached hydrogens (tertiary/aromatic N) is 6. The predicted molar refractivity (Wildman–Crippen MR) is 162 cm³/mol. The molecule has 0 spiro atoms. The lowest BCUT2D eigenvalue weighted by Gasteiger charge is -2.50. The van der Waals surface area contributed by atoms with E-state index in [1.54, 1.807) is 40.9 Å². The third-order valence-corrected chi connectivity index (χ3v) is 11.4. The first-order chi connectivity index (χ1) is 21.9. The lowest BCUT2D eigenvalue weighted by atomic mass is 9.60. The van der Waals surface area contributed by atoms with Crippen LogP contribution in [0.3, 0.4) is 0 Å². The van der Waals surface area contributed by atoms with Crippen LogP contribution < -0.4 is 0 Å². The van der Waals surface area contributed by atoms with Crippen LogP contribution in [0.1, 0.15) is 46.6 Å². The number of hydrogen-bond acceptors (Lipinski definition) is 6. The summed E-state index contributed by atoms with van der Waals surface area (Å²) in [6, 6.07) is 6.82. The van der Waals surface area contributed by atoms with E-state index in [0.717, 1.165) is 23.9 Å². The van der Waals surface area contributed by atoms with Gasteiger partial charge in [0.2, 0.25) is 0 Å². The second-order valence-electron chi connectivity index (χ2n) is 12.1. The average Bonchev–Trinajstić information content (AvgIpc) is 3.63. The van der Waals surface area contributed by atoms with Crippen LogP contribution in [0.15, 0.2) is 71.7 Å². The topological polar surface area (TPSA) is 95.1 Å². The number of ketones is 1. The number of aromatic nitrogens is 5. The van der Waals surface area contributed by atoms with Gasteiger partial charge in [0.05, 0.1) is 68.6 Å². The van der Waals surface area contributed by atoms with Crippen molar-refractivity contribution in [2.24, 2.45) is 12.5 Å². The molecule has 9 nitrogen and oxygen atoms in total. The Morgan fingerprint density at radius 1 is 1.13 bits per heavy atom. The van der Waals surface area contributed by atoms with Crippen LogP contribution in [0.2, 0.25) is 0 Å². The summed E-state index contributed by atoms with van der Waals surface area (Å²) in [4.78, 5) is 19.2. The van der Waals surface area contributed by atoms with Gasteiger partial charge in [0, 0.05) is 25.5 Å². The monoisotopic (exact) mass is 654 g/mol. The van der Waals surface area contributed by atoms with Crippen LogP contribution in [0.5, 0.6) is 0 Å². The molecule has 4 aromatic rings. The molecule has 1 saturated carbocycles. The van der Waals surface area contributed by atoms with Gasteiger partial charge in [0.1, 0.15) is 11.5 Å². The lowest BCUT2D eigenvalue weighted by molar-refractivity contribution is -0.137. The number of benzene rings is 1. The number of aryl methyl sites for hydroxylation is 1. The molecule has 1 aromatic carbocycles. The van der Waals surface area contributed by atoms with E-state index in [9.17, 15) is 26.6 Å². The number of halogens is 4. The highest BCUT2D eigenvalue weighted by Gasteiger charge is 2.53. The summed E-state index contributed by atoms with van der Waals surface area (Å²) in [5.74, 6) is 3.21. The fraction of sp³-hybridized carbons (Fsp3) is 0.344. The maximum atomic E-state index is 14.6. The highest BCUT2D eigenvalue weighted by atomic mass is 32.2. The molecule has 0 radical (unpaired) electrons. The van der Waals surface area contributed by atoms with Crippen molar-refractivity contribution in [1.82, 2.24) is 28.9 Å². The number of hydrogen-bond donors (Lipinski definition) is 0. The Balaban J connectivity index is 1.34. The molecule has 0 bridgehead atoms. The Bertz CT molecular complexity index is 1960. The number of fused-ring (bicyclic) bond motifs is 2. The van der Waals surface area contributed by atoms with Crippen LogP contribution >= 0.6 is 0 Å². The first-order valence-corrected chi connectivity index (χ1v) is 16.4. The highest BCUT2D eigenvalue weighted by molar-refractivity contribution is 7.98. The molecule has 7 rings (SSSR count). The van der Waals surface area contributed by atoms with Gasteiger partial charge in [-0.3, -0.25) is 14.5 Å². The van der Waals surface area contributed by atoms with E-state index < -0.39 is 44.5 Å². The van der Waals surface area contributed by atoms with E-state index in [-0.39, 0.29) is 24.6 Å². The molecule has 1 aliphatic heterocycles. The van der Waals surface area contributed by atoms with Gasteiger partial charge in [-0.15, -0.1) is 0 Å². The molecule has 1 saturated heterocycles. The molecule has 0 amide bonds. The minimum Gasteiger partial charge on any atom is -0.378 e. The second kappa shape index (κ2) is 11.0. The zero-order chi connectivity index (χ0) is 32.4. The van der Waals surface area contributed by atoms with Gasteiger partial charge in [0.25, 0.3) is 0 Å². The summed E-state index contributed by atoms with van der Waals surface area (Å²) in [7, 11) is -1.37. The Morgan fingerprint density at radius 2 is 1.89 bits per heavy atom. The van der Waals surface area contributed by atoms with E-state index in [2.05, 4.69) is 21.1 Å². The van der Waals surface area contributed by atoms with Gasteiger partial charge in [0.15, 0.2) is 5.78 Å². The van der Waals surface area contributed by atoms with Crippen molar-refractivity contribution in [3.8, 4) is 5.69 Å². The highest BCUT2D eigenvalue weighted by Crippen LogP contribution is 2.52. The summed E-state index contributed by atoms with van der Waals surface area (Å²) in [6.07, 6.45) is 4.22. The first-order valence-electron chi connectivity index (χ1n) is 14.7. The van der Waals surface area contributed by atoms with Gasteiger partial charge in [-0.25, -0.2) is 17.6 Å². The normalized spacial score (nSPS) is 22.8. The number of carbonyl (C=O) groups excluding carboxylic acids is 1. The third-order valence-electron chi connectivity index (χ3n) is 9.19. The van der Waals surface area contributed by atoms with Gasteiger partial charge in [-0.05, 0) is 79.6 Å². The molecular weight excluding hydrogens is 624 g/mol. The van der Waals surface area contributed by atoms with Gasteiger partial charge < -0.3 is 4.74 Å². The zero-order valence-electron chi connectivity index (χ0n) is 24.8. The Kier molecular flexibility index (Phi) is 7.29. The Labute approximate surface area is 262 Å². The SMILES string of the molecule is C=S(=O)(c1cnn(C)c1)N(C1COC1)[C@H]1CCC2=Cc3c(cnn3-c3ccc(F)cc3)C[C@]2(C(=O)c2cc(C(F)(F)F)ccn2)C1. The van der Waals surface area contributed by atoms with Crippen LogP contribution in [-0.2, 0) is 34.1 Å². The van der Waals surface area contributed by atoms with Crippen molar-refractivity contribution in [2.45, 2.75) is 48.8 Å². The molecule has 14 heteroatoms. The fourth-order valence-electron chi connectivity index (χ4n) is 6.90. The molecule has 1 unspecified atom stereocenters. The van der Waals surface area contributed by atoms with Crippen molar-refractivity contribution < 1.29 is 31.3 Å². The van der Waals surface area contributed by atoms with E-state index in [1.807, 2.05) is 10.4 Å².